The zero-order valence-electron chi connectivity index (χ0n) is 13.5. The molecule has 3 rings (SSSR count). The van der Waals surface area contributed by atoms with Gasteiger partial charge in [0.15, 0.2) is 0 Å². The van der Waals surface area contributed by atoms with Crippen LogP contribution in [0.1, 0.15) is 34.6 Å². The summed E-state index contributed by atoms with van der Waals surface area (Å²) in [5.41, 5.74) is 1.66. The molecule has 0 saturated carbocycles. The molecule has 1 amide bonds. The first-order valence-electron chi connectivity index (χ1n) is 7.54. The van der Waals surface area contributed by atoms with Crippen molar-refractivity contribution in [1.29, 1.82) is 0 Å². The van der Waals surface area contributed by atoms with Crippen LogP contribution in [0.5, 0.6) is 0 Å². The largest absolute Gasteiger partial charge is 0.468 e. The molecule has 0 aliphatic carbocycles. The maximum Gasteiger partial charge on any atom is 0.257 e. The van der Waals surface area contributed by atoms with Crippen molar-refractivity contribution in [2.75, 3.05) is 12.4 Å². The zero-order chi connectivity index (χ0) is 16.9. The highest BCUT2D eigenvalue weighted by atomic mass is 32.1. The molecule has 3 aromatic rings. The SMILES string of the molecule is C[C@H](c1ccco1)N(C)Cc1cccc(C(=O)Nc2ncns2)c1. The van der Waals surface area contributed by atoms with E-state index in [1.807, 2.05) is 37.4 Å². The van der Waals surface area contributed by atoms with Gasteiger partial charge in [0.2, 0.25) is 5.13 Å². The van der Waals surface area contributed by atoms with E-state index in [4.69, 9.17) is 4.42 Å². The smallest absolute Gasteiger partial charge is 0.257 e. The first kappa shape index (κ1) is 16.4. The number of carbonyl (C=O) groups excluding carboxylic acids is 1. The minimum absolute atomic E-state index is 0.152. The van der Waals surface area contributed by atoms with E-state index < -0.39 is 0 Å². The molecular formula is C17H18N4O2S. The van der Waals surface area contributed by atoms with Gasteiger partial charge in [0, 0.05) is 23.6 Å². The summed E-state index contributed by atoms with van der Waals surface area (Å²) in [6.45, 7) is 2.80. The number of amides is 1. The maximum absolute atomic E-state index is 12.3. The monoisotopic (exact) mass is 342 g/mol. The topological polar surface area (TPSA) is 71.3 Å². The van der Waals surface area contributed by atoms with Crippen molar-refractivity contribution >= 4 is 22.6 Å². The summed E-state index contributed by atoms with van der Waals surface area (Å²) in [5, 5.41) is 3.24. The number of benzene rings is 1. The standard InChI is InChI=1S/C17H18N4O2S/c1-12(15-7-4-8-23-15)21(2)10-13-5-3-6-14(9-13)16(22)20-17-18-11-19-24-17/h3-9,11-12H,10H2,1-2H3,(H,18,19,20,22)/t12-/m1/s1. The Morgan fingerprint density at radius 2 is 2.25 bits per heavy atom. The first-order chi connectivity index (χ1) is 11.6. The minimum Gasteiger partial charge on any atom is -0.468 e. The lowest BCUT2D eigenvalue weighted by atomic mass is 10.1. The molecule has 0 radical (unpaired) electrons. The Bertz CT molecular complexity index is 787. The average molecular weight is 342 g/mol. The van der Waals surface area contributed by atoms with Crippen LogP contribution in [0, 0.1) is 0 Å². The minimum atomic E-state index is -0.185. The fraction of sp³-hybridized carbons (Fsp3) is 0.235. The van der Waals surface area contributed by atoms with E-state index in [1.165, 1.54) is 6.33 Å². The average Bonchev–Trinajstić information content (AvgIpc) is 3.28. The molecule has 0 aliphatic heterocycles. The number of nitrogens with one attached hydrogen (secondary N) is 1. The predicted molar refractivity (Wildman–Crippen MR) is 92.9 cm³/mol. The lowest BCUT2D eigenvalue weighted by Gasteiger charge is -2.23. The summed E-state index contributed by atoms with van der Waals surface area (Å²) in [7, 11) is 2.03. The second-order valence-electron chi connectivity index (χ2n) is 5.51. The van der Waals surface area contributed by atoms with Gasteiger partial charge in [-0.05, 0) is 43.8 Å². The van der Waals surface area contributed by atoms with Crippen molar-refractivity contribution < 1.29 is 9.21 Å². The lowest BCUT2D eigenvalue weighted by molar-refractivity contribution is 0.102. The lowest BCUT2D eigenvalue weighted by Crippen LogP contribution is -2.22. The molecule has 2 heterocycles. The van der Waals surface area contributed by atoms with Crippen molar-refractivity contribution in [3.8, 4) is 0 Å². The van der Waals surface area contributed by atoms with Gasteiger partial charge in [0.1, 0.15) is 12.1 Å². The highest BCUT2D eigenvalue weighted by Crippen LogP contribution is 2.21. The van der Waals surface area contributed by atoms with Gasteiger partial charge in [-0.25, -0.2) is 4.98 Å². The van der Waals surface area contributed by atoms with Gasteiger partial charge in [-0.1, -0.05) is 12.1 Å². The van der Waals surface area contributed by atoms with E-state index in [0.29, 0.717) is 17.2 Å². The summed E-state index contributed by atoms with van der Waals surface area (Å²) < 4.78 is 9.33. The highest BCUT2D eigenvalue weighted by Gasteiger charge is 2.15. The molecule has 2 aromatic heterocycles. The predicted octanol–water partition coefficient (Wildman–Crippen LogP) is 3.58. The van der Waals surface area contributed by atoms with Crippen molar-refractivity contribution in [3.05, 3.63) is 65.9 Å². The molecule has 1 N–H and O–H groups in total. The molecule has 6 nitrogen and oxygen atoms in total. The number of rotatable bonds is 6. The van der Waals surface area contributed by atoms with E-state index in [9.17, 15) is 4.79 Å². The van der Waals surface area contributed by atoms with Crippen molar-refractivity contribution in [2.24, 2.45) is 0 Å². The molecule has 0 spiro atoms. The fourth-order valence-corrected chi connectivity index (χ4v) is 2.81. The summed E-state index contributed by atoms with van der Waals surface area (Å²) in [6, 6.07) is 11.6. The molecular weight excluding hydrogens is 324 g/mol. The van der Waals surface area contributed by atoms with Crippen LogP contribution in [0.3, 0.4) is 0 Å². The molecule has 0 aliphatic rings. The first-order valence-corrected chi connectivity index (χ1v) is 8.31. The zero-order valence-corrected chi connectivity index (χ0v) is 14.3. The Kier molecular flexibility index (Phi) is 5.02. The van der Waals surface area contributed by atoms with Crippen molar-refractivity contribution in [2.45, 2.75) is 19.5 Å². The Morgan fingerprint density at radius 1 is 1.38 bits per heavy atom. The number of carbonyl (C=O) groups is 1. The second-order valence-corrected chi connectivity index (χ2v) is 6.29. The Hall–Kier alpha value is -2.51. The fourth-order valence-electron chi connectivity index (χ4n) is 2.38. The molecule has 0 bridgehead atoms. The molecule has 1 atom stereocenters. The summed E-state index contributed by atoms with van der Waals surface area (Å²) in [6.07, 6.45) is 3.10. The third-order valence-electron chi connectivity index (χ3n) is 3.82. The van der Waals surface area contributed by atoms with Gasteiger partial charge in [0.25, 0.3) is 5.91 Å². The van der Waals surface area contributed by atoms with Gasteiger partial charge in [0.05, 0.1) is 12.3 Å². The van der Waals surface area contributed by atoms with Crippen molar-refractivity contribution in [3.63, 3.8) is 0 Å². The summed E-state index contributed by atoms with van der Waals surface area (Å²) >= 11 is 1.15. The molecule has 0 fully saturated rings. The number of hydrogen-bond donors (Lipinski definition) is 1. The number of hydrogen-bond acceptors (Lipinski definition) is 6. The Labute approximate surface area is 144 Å². The normalized spacial score (nSPS) is 12.3. The Morgan fingerprint density at radius 3 is 2.96 bits per heavy atom. The molecule has 0 unspecified atom stereocenters. The van der Waals surface area contributed by atoms with E-state index in [0.717, 1.165) is 22.9 Å². The second kappa shape index (κ2) is 7.37. The van der Waals surface area contributed by atoms with Crippen LogP contribution in [0.2, 0.25) is 0 Å². The third-order valence-corrected chi connectivity index (χ3v) is 4.40. The number of nitrogens with zero attached hydrogens (tertiary/aromatic N) is 3. The summed E-state index contributed by atoms with van der Waals surface area (Å²) in [5.74, 6) is 0.734. The number of furan rings is 1. The highest BCUT2D eigenvalue weighted by molar-refractivity contribution is 7.09. The van der Waals surface area contributed by atoms with E-state index in [1.54, 1.807) is 12.3 Å². The molecule has 1 aromatic carbocycles. The number of aromatic nitrogens is 2. The van der Waals surface area contributed by atoms with Crippen molar-refractivity contribution in [1.82, 2.24) is 14.3 Å². The van der Waals surface area contributed by atoms with Crippen LogP contribution in [0.4, 0.5) is 5.13 Å². The van der Waals surface area contributed by atoms with E-state index >= 15 is 0 Å². The third kappa shape index (κ3) is 3.87. The van der Waals surface area contributed by atoms with E-state index in [-0.39, 0.29) is 11.9 Å². The molecule has 0 saturated heterocycles. The molecule has 7 heteroatoms. The van der Waals surface area contributed by atoms with Crippen LogP contribution in [-0.2, 0) is 6.54 Å². The Balaban J connectivity index is 1.67. The van der Waals surface area contributed by atoms with Crippen LogP contribution >= 0.6 is 11.5 Å². The van der Waals surface area contributed by atoms with Gasteiger partial charge in [-0.15, -0.1) is 0 Å². The van der Waals surface area contributed by atoms with Crippen LogP contribution in [0.25, 0.3) is 0 Å². The summed E-state index contributed by atoms with van der Waals surface area (Å²) in [4.78, 5) is 18.4. The molecule has 124 valence electrons. The van der Waals surface area contributed by atoms with Gasteiger partial charge in [-0.3, -0.25) is 15.0 Å². The quantitative estimate of drug-likeness (QED) is 0.741. The maximum atomic E-state index is 12.3. The van der Waals surface area contributed by atoms with Gasteiger partial charge < -0.3 is 4.42 Å². The number of anilines is 1. The van der Waals surface area contributed by atoms with Crippen LogP contribution < -0.4 is 5.32 Å². The molecule has 24 heavy (non-hydrogen) atoms. The van der Waals surface area contributed by atoms with Gasteiger partial charge in [-0.2, -0.15) is 4.37 Å². The van der Waals surface area contributed by atoms with E-state index in [2.05, 4.69) is 26.5 Å². The van der Waals surface area contributed by atoms with Crippen LogP contribution in [0.15, 0.2) is 53.4 Å². The van der Waals surface area contributed by atoms with Crippen LogP contribution in [-0.4, -0.2) is 27.2 Å². The van der Waals surface area contributed by atoms with Gasteiger partial charge >= 0.3 is 0 Å².